The minimum Gasteiger partial charge on any atom is -0.444 e. The fourth-order valence-electron chi connectivity index (χ4n) is 5.30. The molecular weight excluding hydrogens is 2180 g/mol. The van der Waals surface area contributed by atoms with E-state index in [0.29, 0.717) is 38.2 Å². The third kappa shape index (κ3) is 54.6. The highest BCUT2D eigenvalue weighted by Crippen LogP contribution is 2.19. The van der Waals surface area contributed by atoms with Crippen molar-refractivity contribution in [1.29, 1.82) is 0 Å². The monoisotopic (exact) mass is 2210 g/mol. The Morgan fingerprint density at radius 2 is 0.711 bits per heavy atom. The third-order valence-electron chi connectivity index (χ3n) is 8.24. The van der Waals surface area contributed by atoms with Crippen LogP contribution in [0.2, 0.25) is 0 Å². The van der Waals surface area contributed by atoms with E-state index in [9.17, 15) is 4.79 Å². The quantitative estimate of drug-likeness (QED) is 0.424. The number of anilines is 2. The molecule has 2 aromatic heterocycles. The van der Waals surface area contributed by atoms with E-state index in [-0.39, 0.29) is 6.09 Å². The maximum atomic E-state index is 11.9. The van der Waals surface area contributed by atoms with Gasteiger partial charge in [-0.15, -0.1) is 6.42 Å². The average Bonchev–Trinajstić information content (AvgIpc) is 3.11. The maximum absolute atomic E-state index is 11.9. The summed E-state index contributed by atoms with van der Waals surface area (Å²) in [6, 6.07) is 0.690. The van der Waals surface area contributed by atoms with E-state index in [2.05, 4.69) is 56.5 Å². The van der Waals surface area contributed by atoms with Crippen molar-refractivity contribution in [3.8, 4) is 12.3 Å². The van der Waals surface area contributed by atoms with E-state index in [1.165, 1.54) is 17.8 Å². The Hall–Kier alpha value is 7.99. The minimum absolute atomic E-state index is 0.256. The van der Waals surface area contributed by atoms with Crippen LogP contribution < -0.4 is 9.80 Å². The fourth-order valence-corrected chi connectivity index (χ4v) is 132. The van der Waals surface area contributed by atoms with Crippen LogP contribution in [0.1, 0.15) is 39.2 Å². The molecule has 0 N–H and O–H groups in total. The molecule has 5 rings (SSSR count). The predicted octanol–water partition coefficient (Wildman–Crippen LogP) is 2.94. The van der Waals surface area contributed by atoms with Crippen LogP contribution >= 0.6 is 15.9 Å². The molecule has 0 aromatic carbocycles. The molecule has 0 radical (unpaired) electrons. The standard InChI is InChI=1S/C15H20N4O.C13H19BrN4O2.S50/c1-2-13-11-16-15(17-12-13)19-7-5-18(6-8-19)14-3-9-20-10-4-14;1-13(2,3)20-12(19)18-6-4-17(5-7-18)11-15-8-10(14)9-16-11;1-3-5-7-9-11-13-15-17-19-21-23-25-27-29-31-33-35-37-39-41-43-45-47-49-50-48-46-44-42-40-38-36-34-32-30-28-26-24-22-20-18-16-14-12-10-8-6-4-2/h1,11-12,14H,3-10H2;8-9H,4-7H2,1-3H3;. The lowest BCUT2D eigenvalue weighted by Crippen LogP contribution is -2.52. The first-order valence-corrected chi connectivity index (χ1v) is 88.1. The van der Waals surface area contributed by atoms with Gasteiger partial charge in [0.1, 0.15) is 5.60 Å². The third-order valence-corrected chi connectivity index (χ3v) is 113. The molecule has 2 aromatic rings. The minimum atomic E-state index is -0.455. The molecule has 11 nitrogen and oxygen atoms in total. The van der Waals surface area contributed by atoms with Gasteiger partial charge in [-0.05, 0) is 49.5 Å². The van der Waals surface area contributed by atoms with Crippen LogP contribution in [0.5, 0.6) is 0 Å². The van der Waals surface area contributed by atoms with Gasteiger partial charge in [-0.25, -0.2) is 24.7 Å². The van der Waals surface area contributed by atoms with Gasteiger partial charge in [0.15, 0.2) is 0 Å². The van der Waals surface area contributed by atoms with Crippen molar-refractivity contribution in [3.63, 3.8) is 0 Å². The first-order chi connectivity index (χ1) is 44.1. The van der Waals surface area contributed by atoms with E-state index in [1.807, 2.05) is 323 Å². The van der Waals surface area contributed by atoms with Crippen LogP contribution in [0.3, 0.4) is 0 Å². The SMILES string of the molecule is C#Cc1cnc(N2CCN(C3CCOCC3)CC2)nc1.CC(C)(C)OC(=O)N1CCN(c2ncc(Br)cn2)CC1.S=S=S=S=S=S=S=S=S=S=S=S=S=S=S=S=S=S=S=S=S=S=S=S=S=S=S=S=S=S=S=S=S=S=S=S=S=S=S=S=S=S=S=S=S=S=S=S=S=S. The summed E-state index contributed by atoms with van der Waals surface area (Å²) in [6.07, 6.45) is 14.3. The first kappa shape index (κ1) is 92.2. The van der Waals surface area contributed by atoms with Gasteiger partial charge in [-0.2, -0.15) is 0 Å². The largest absolute Gasteiger partial charge is 0.444 e. The second kappa shape index (κ2) is 67.6. The second-order valence-corrected chi connectivity index (χ2v) is 100. The van der Waals surface area contributed by atoms with Crippen LogP contribution in [-0.2, 0) is 458 Å². The molecule has 3 aliphatic heterocycles. The summed E-state index contributed by atoms with van der Waals surface area (Å²) in [5.74, 6) is 4.02. The first-order valence-electron chi connectivity index (χ1n) is 21.9. The molecule has 62 heteroatoms. The molecular formula is C28H39BrN8O3S50. The number of carbonyl (C=O) groups excluding carboxylic acids is 1. The highest BCUT2D eigenvalue weighted by molar-refractivity contribution is 9.10. The van der Waals surface area contributed by atoms with Crippen molar-refractivity contribution >= 4 is 483 Å². The Labute approximate surface area is 678 Å². The van der Waals surface area contributed by atoms with Gasteiger partial charge >= 0.3 is 6.09 Å². The molecule has 0 unspecified atom stereocenters. The molecule has 0 saturated carbocycles. The van der Waals surface area contributed by atoms with E-state index in [0.717, 1.165) is 68.2 Å². The summed E-state index contributed by atoms with van der Waals surface area (Å²) in [5.41, 5.74) is 0.276. The highest BCUT2D eigenvalue weighted by atomic mass is 79.9. The number of carbonyl (C=O) groups is 1. The molecule has 0 spiro atoms. The summed E-state index contributed by atoms with van der Waals surface area (Å²) in [5, 5.41) is 0. The van der Waals surface area contributed by atoms with Crippen molar-refractivity contribution < 1.29 is 14.3 Å². The summed E-state index contributed by atoms with van der Waals surface area (Å²) < 4.78 is 11.6. The number of halogens is 1. The Bertz CT molecular complexity index is 4950. The number of piperazine rings is 2. The number of amides is 1. The molecule has 0 aliphatic carbocycles. The molecule has 5 heterocycles. The molecule has 0 atom stereocenters. The summed E-state index contributed by atoms with van der Waals surface area (Å²) in [6.45, 7) is 14.2. The number of rotatable bonds is 3. The zero-order valence-corrected chi connectivity index (χ0v) is 86.5. The molecule has 3 saturated heterocycles. The van der Waals surface area contributed by atoms with Crippen molar-refractivity contribution in [2.45, 2.75) is 45.3 Å². The predicted molar refractivity (Wildman–Crippen MR) is 526 cm³/mol. The smallest absolute Gasteiger partial charge is 0.410 e. The lowest BCUT2D eigenvalue weighted by atomic mass is 10.1. The normalized spacial score (nSPS) is 12.7. The van der Waals surface area contributed by atoms with Crippen LogP contribution in [0.15, 0.2) is 29.3 Å². The Kier molecular flexibility index (Phi) is 69.2. The highest BCUT2D eigenvalue weighted by Gasteiger charge is 2.28. The van der Waals surface area contributed by atoms with Gasteiger partial charge in [0.2, 0.25) is 11.9 Å². The number of ether oxygens (including phenoxy) is 2. The molecule has 516 valence electrons. The van der Waals surface area contributed by atoms with Gasteiger partial charge < -0.3 is 24.2 Å². The lowest BCUT2D eigenvalue weighted by Gasteiger charge is -2.40. The fraction of sp³-hybridized carbons (Fsp3) is 0.607. The number of hydrogen-bond acceptors (Lipinski definition) is 12. The summed E-state index contributed by atoms with van der Waals surface area (Å²) >= 11 is 12.9. The molecule has 3 fully saturated rings. The number of aromatic nitrogens is 4. The summed E-state index contributed by atoms with van der Waals surface area (Å²) in [4.78, 5) is 37.8. The molecule has 0 bridgehead atoms. The topological polar surface area (TPSA) is 100 Å². The van der Waals surface area contributed by atoms with Gasteiger partial charge in [0, 0.05) is 545 Å². The van der Waals surface area contributed by atoms with Gasteiger partial charge in [-0.3, -0.25) is 4.90 Å². The zero-order valence-electron chi connectivity index (χ0n) is 44.0. The number of nitrogens with zero attached hydrogens (tertiary/aromatic N) is 8. The van der Waals surface area contributed by atoms with Crippen molar-refractivity contribution in [1.82, 2.24) is 29.7 Å². The van der Waals surface area contributed by atoms with Crippen LogP contribution in [0.4, 0.5) is 16.7 Å². The number of hydrogen-bond donors (Lipinski definition) is 0. The second-order valence-electron chi connectivity index (χ2n) is 14.2. The Morgan fingerprint density at radius 1 is 0.456 bits per heavy atom. The van der Waals surface area contributed by atoms with E-state index >= 15 is 0 Å². The van der Waals surface area contributed by atoms with E-state index in [4.69, 9.17) is 38.3 Å². The van der Waals surface area contributed by atoms with Crippen LogP contribution in [-0.4, -0.2) is 113 Å². The molecule has 90 heavy (non-hydrogen) atoms. The van der Waals surface area contributed by atoms with Crippen LogP contribution in [0, 0.1) is 12.3 Å². The van der Waals surface area contributed by atoms with Crippen molar-refractivity contribution in [3.05, 3.63) is 34.8 Å². The van der Waals surface area contributed by atoms with Gasteiger partial charge in [0.25, 0.3) is 0 Å². The molecule has 1 amide bonds. The van der Waals surface area contributed by atoms with Crippen molar-refractivity contribution in [2.24, 2.45) is 0 Å². The van der Waals surface area contributed by atoms with Gasteiger partial charge in [0.05, 0.1) is 10.0 Å². The number of terminal acetylenes is 1. The van der Waals surface area contributed by atoms with Crippen LogP contribution in [0.25, 0.3) is 0 Å². The zero-order chi connectivity index (χ0) is 64.5. The maximum Gasteiger partial charge on any atom is 0.410 e. The Morgan fingerprint density at radius 3 is 0.967 bits per heavy atom. The van der Waals surface area contributed by atoms with Gasteiger partial charge in [-0.1, -0.05) is 5.92 Å². The average molecular weight is 2220 g/mol. The molecule has 3 aliphatic rings. The van der Waals surface area contributed by atoms with E-state index in [1.54, 1.807) is 136 Å². The lowest BCUT2D eigenvalue weighted by molar-refractivity contribution is 0.0240. The van der Waals surface area contributed by atoms with Crippen molar-refractivity contribution in [2.75, 3.05) is 75.4 Å². The summed E-state index contributed by atoms with van der Waals surface area (Å²) in [7, 11) is 85.7. The Balaban J connectivity index is 0.000000423. The van der Waals surface area contributed by atoms with E-state index < -0.39 is 5.60 Å².